The highest BCUT2D eigenvalue weighted by Gasteiger charge is 2.08. The van der Waals surface area contributed by atoms with Crippen molar-refractivity contribution < 1.29 is 0 Å². The number of H-pyrrole nitrogens is 1. The van der Waals surface area contributed by atoms with Crippen molar-refractivity contribution in [1.29, 1.82) is 0 Å². The molecule has 1 heterocycles. The summed E-state index contributed by atoms with van der Waals surface area (Å²) in [5.74, 6) is 0.827. The molecule has 0 spiro atoms. The molecule has 0 saturated carbocycles. The highest BCUT2D eigenvalue weighted by atomic mass is 32.1. The molecule has 0 saturated heterocycles. The van der Waals surface area contributed by atoms with E-state index in [1.807, 2.05) is 48.5 Å². The second kappa shape index (κ2) is 4.70. The van der Waals surface area contributed by atoms with Crippen LogP contribution in [0.1, 0.15) is 0 Å². The maximum absolute atomic E-state index is 5.52. The fourth-order valence-corrected chi connectivity index (χ4v) is 2.11. The van der Waals surface area contributed by atoms with Crippen LogP contribution in [0.15, 0.2) is 48.5 Å². The fourth-order valence-electron chi connectivity index (χ4n) is 2.00. The molecule has 1 aromatic heterocycles. The zero-order chi connectivity index (χ0) is 13.2. The van der Waals surface area contributed by atoms with Crippen LogP contribution >= 0.6 is 12.2 Å². The lowest BCUT2D eigenvalue weighted by molar-refractivity contribution is 1.34. The number of nitrogens with two attached hydrogens (primary N) is 1. The molecule has 5 heteroatoms. The van der Waals surface area contributed by atoms with Crippen LogP contribution in [0.5, 0.6) is 0 Å². The molecule has 0 aliphatic heterocycles. The van der Waals surface area contributed by atoms with Crippen molar-refractivity contribution in [3.63, 3.8) is 0 Å². The van der Waals surface area contributed by atoms with Gasteiger partial charge < -0.3 is 16.0 Å². The number of hydrogen-bond donors (Lipinski definition) is 3. The van der Waals surface area contributed by atoms with Crippen LogP contribution < -0.4 is 11.1 Å². The lowest BCUT2D eigenvalue weighted by atomic mass is 10.2. The van der Waals surface area contributed by atoms with E-state index in [1.54, 1.807) is 0 Å². The number of aromatic amines is 1. The summed E-state index contributed by atoms with van der Waals surface area (Å²) in [7, 11) is 0. The largest absolute Gasteiger partial charge is 0.376 e. The number of nitrogens with one attached hydrogen (secondary N) is 2. The Morgan fingerprint density at radius 3 is 2.63 bits per heavy atom. The quantitative estimate of drug-likeness (QED) is 0.625. The van der Waals surface area contributed by atoms with Gasteiger partial charge in [-0.1, -0.05) is 36.4 Å². The Kier molecular flexibility index (Phi) is 2.89. The van der Waals surface area contributed by atoms with E-state index in [2.05, 4.69) is 15.3 Å². The number of thiocarbonyl (C=S) groups is 1. The van der Waals surface area contributed by atoms with Crippen LogP contribution in [-0.4, -0.2) is 15.1 Å². The van der Waals surface area contributed by atoms with E-state index < -0.39 is 0 Å². The van der Waals surface area contributed by atoms with E-state index in [0.29, 0.717) is 0 Å². The third kappa shape index (κ3) is 2.28. The third-order valence-corrected chi connectivity index (χ3v) is 2.92. The van der Waals surface area contributed by atoms with Crippen molar-refractivity contribution in [2.24, 2.45) is 5.73 Å². The second-order valence-corrected chi connectivity index (χ2v) is 4.58. The molecule has 3 aromatic rings. The van der Waals surface area contributed by atoms with Gasteiger partial charge in [-0.3, -0.25) is 0 Å². The topological polar surface area (TPSA) is 66.7 Å². The summed E-state index contributed by atoms with van der Waals surface area (Å²) in [5, 5.41) is 3.17. The maximum Gasteiger partial charge on any atom is 0.168 e. The number of nitrogens with zero attached hydrogens (tertiary/aromatic N) is 1. The highest BCUT2D eigenvalue weighted by Crippen LogP contribution is 2.25. The lowest BCUT2D eigenvalue weighted by Crippen LogP contribution is -2.18. The Morgan fingerprint density at radius 2 is 1.89 bits per heavy atom. The normalized spacial score (nSPS) is 10.5. The predicted octanol–water partition coefficient (Wildman–Crippen LogP) is 2.89. The van der Waals surface area contributed by atoms with Gasteiger partial charge in [0.2, 0.25) is 0 Å². The lowest BCUT2D eigenvalue weighted by Gasteiger charge is -2.03. The number of aromatic nitrogens is 2. The summed E-state index contributed by atoms with van der Waals surface area (Å²) < 4.78 is 0. The Hall–Kier alpha value is -2.40. The number of imidazole rings is 1. The van der Waals surface area contributed by atoms with Gasteiger partial charge in [0.1, 0.15) is 11.3 Å². The zero-order valence-corrected chi connectivity index (χ0v) is 10.9. The van der Waals surface area contributed by atoms with Gasteiger partial charge in [0.25, 0.3) is 0 Å². The van der Waals surface area contributed by atoms with Crippen LogP contribution in [0.4, 0.5) is 5.69 Å². The molecule has 19 heavy (non-hydrogen) atoms. The molecule has 0 fully saturated rings. The van der Waals surface area contributed by atoms with Crippen LogP contribution in [0, 0.1) is 0 Å². The van der Waals surface area contributed by atoms with E-state index in [1.165, 1.54) is 0 Å². The number of rotatable bonds is 2. The van der Waals surface area contributed by atoms with Gasteiger partial charge in [0.05, 0.1) is 11.2 Å². The van der Waals surface area contributed by atoms with E-state index in [-0.39, 0.29) is 5.11 Å². The van der Waals surface area contributed by atoms with Crippen molar-refractivity contribution in [3.05, 3.63) is 48.5 Å². The van der Waals surface area contributed by atoms with Gasteiger partial charge in [-0.15, -0.1) is 0 Å². The molecule has 0 atom stereocenters. The van der Waals surface area contributed by atoms with E-state index in [0.717, 1.165) is 28.1 Å². The van der Waals surface area contributed by atoms with Crippen LogP contribution in [0.3, 0.4) is 0 Å². The van der Waals surface area contributed by atoms with Gasteiger partial charge in [-0.25, -0.2) is 4.98 Å². The Labute approximate surface area is 115 Å². The standard InChI is InChI=1S/C14H12N4S/c15-14(19)17-11-8-4-7-10-12(11)18-13(16-10)9-5-2-1-3-6-9/h1-8H,(H,16,18)(H3,15,17,19). The molecule has 0 amide bonds. The molecule has 0 bridgehead atoms. The minimum absolute atomic E-state index is 0.233. The number of benzene rings is 2. The summed E-state index contributed by atoms with van der Waals surface area (Å²) in [5.41, 5.74) is 9.14. The maximum atomic E-state index is 5.52. The molecule has 4 nitrogen and oxygen atoms in total. The highest BCUT2D eigenvalue weighted by molar-refractivity contribution is 7.80. The van der Waals surface area contributed by atoms with Crippen molar-refractivity contribution in [3.8, 4) is 11.4 Å². The van der Waals surface area contributed by atoms with Crippen molar-refractivity contribution in [1.82, 2.24) is 9.97 Å². The molecule has 0 unspecified atom stereocenters. The molecule has 4 N–H and O–H groups in total. The minimum Gasteiger partial charge on any atom is -0.376 e. The van der Waals surface area contributed by atoms with Gasteiger partial charge >= 0.3 is 0 Å². The average molecular weight is 268 g/mol. The zero-order valence-electron chi connectivity index (χ0n) is 10.1. The first kappa shape index (κ1) is 11.7. The molecule has 2 aromatic carbocycles. The number of anilines is 1. The molecule has 3 rings (SSSR count). The van der Waals surface area contributed by atoms with Crippen LogP contribution in [0.25, 0.3) is 22.4 Å². The summed E-state index contributed by atoms with van der Waals surface area (Å²) >= 11 is 4.87. The average Bonchev–Trinajstić information content (AvgIpc) is 2.84. The summed E-state index contributed by atoms with van der Waals surface area (Å²) in [6.45, 7) is 0. The Morgan fingerprint density at radius 1 is 1.11 bits per heavy atom. The molecular formula is C14H12N4S. The van der Waals surface area contributed by atoms with Crippen molar-refractivity contribution in [2.75, 3.05) is 5.32 Å². The number of hydrogen-bond acceptors (Lipinski definition) is 2. The van der Waals surface area contributed by atoms with Gasteiger partial charge in [-0.05, 0) is 24.4 Å². The SMILES string of the molecule is NC(=S)Nc1cccc2[nH]c(-c3ccccc3)nc12. The predicted molar refractivity (Wildman–Crippen MR) is 81.9 cm³/mol. The Bertz CT molecular complexity index is 734. The summed E-state index contributed by atoms with van der Waals surface area (Å²) in [6, 6.07) is 15.8. The third-order valence-electron chi connectivity index (χ3n) is 2.82. The van der Waals surface area contributed by atoms with Gasteiger partial charge in [0, 0.05) is 5.56 Å². The first-order valence-electron chi connectivity index (χ1n) is 5.84. The smallest absolute Gasteiger partial charge is 0.168 e. The van der Waals surface area contributed by atoms with Gasteiger partial charge in [0.15, 0.2) is 5.11 Å². The summed E-state index contributed by atoms with van der Waals surface area (Å²) in [6.07, 6.45) is 0. The minimum atomic E-state index is 0.233. The monoisotopic (exact) mass is 268 g/mol. The van der Waals surface area contributed by atoms with Gasteiger partial charge in [-0.2, -0.15) is 0 Å². The van der Waals surface area contributed by atoms with Crippen molar-refractivity contribution in [2.45, 2.75) is 0 Å². The second-order valence-electron chi connectivity index (χ2n) is 4.14. The Balaban J connectivity index is 2.13. The first-order valence-corrected chi connectivity index (χ1v) is 6.25. The van der Waals surface area contributed by atoms with E-state index in [9.17, 15) is 0 Å². The fraction of sp³-hybridized carbons (Fsp3) is 0. The first-order chi connectivity index (χ1) is 9.24. The number of fused-ring (bicyclic) bond motifs is 1. The summed E-state index contributed by atoms with van der Waals surface area (Å²) in [4.78, 5) is 7.89. The van der Waals surface area contributed by atoms with Crippen molar-refractivity contribution >= 4 is 34.1 Å². The molecule has 0 aliphatic carbocycles. The molecule has 0 aliphatic rings. The number of para-hydroxylation sites is 1. The molecular weight excluding hydrogens is 256 g/mol. The van der Waals surface area contributed by atoms with Crippen LogP contribution in [-0.2, 0) is 0 Å². The molecule has 94 valence electrons. The van der Waals surface area contributed by atoms with Crippen LogP contribution in [0.2, 0.25) is 0 Å². The molecule has 0 radical (unpaired) electrons. The van der Waals surface area contributed by atoms with E-state index in [4.69, 9.17) is 18.0 Å². The van der Waals surface area contributed by atoms with E-state index >= 15 is 0 Å².